The van der Waals surface area contributed by atoms with Gasteiger partial charge in [0.2, 0.25) is 5.96 Å². The topological polar surface area (TPSA) is 54.4 Å². The molecule has 0 N–H and O–H groups in total. The molecule has 0 unspecified atom stereocenters. The van der Waals surface area contributed by atoms with Crippen molar-refractivity contribution in [1.29, 1.82) is 0 Å². The van der Waals surface area contributed by atoms with E-state index in [1.165, 1.54) is 7.11 Å². The van der Waals surface area contributed by atoms with E-state index >= 15 is 0 Å². The van der Waals surface area contributed by atoms with Gasteiger partial charge in [-0.2, -0.15) is 0 Å². The molecule has 1 saturated carbocycles. The van der Waals surface area contributed by atoms with Gasteiger partial charge in [-0.1, -0.05) is 84.9 Å². The predicted octanol–water partition coefficient (Wildman–Crippen LogP) is 6.61. The van der Waals surface area contributed by atoms with Crippen LogP contribution in [0.4, 0.5) is 17.1 Å². The summed E-state index contributed by atoms with van der Waals surface area (Å²) in [6, 6.07) is 39.8. The minimum absolute atomic E-state index is 0.210. The lowest BCUT2D eigenvalue weighted by Crippen LogP contribution is -2.48. The van der Waals surface area contributed by atoms with Crippen molar-refractivity contribution in [3.05, 3.63) is 127 Å². The minimum Gasteiger partial charge on any atom is -0.467 e. The number of methoxy groups -OCH3 is 1. The first-order chi connectivity index (χ1) is 19.7. The zero-order valence-corrected chi connectivity index (χ0v) is 22.6. The average molecular weight is 532 g/mol. The number of benzene rings is 4. The summed E-state index contributed by atoms with van der Waals surface area (Å²) < 4.78 is 11.6. The second-order valence-electron chi connectivity index (χ2n) is 10.3. The summed E-state index contributed by atoms with van der Waals surface area (Å²) in [5.41, 5.74) is 3.35. The molecule has 1 saturated heterocycles. The van der Waals surface area contributed by atoms with E-state index in [-0.39, 0.29) is 11.9 Å². The number of ether oxygens (including phenoxy) is 2. The van der Waals surface area contributed by atoms with Gasteiger partial charge in [0, 0.05) is 18.0 Å². The molecule has 4 aromatic carbocycles. The summed E-state index contributed by atoms with van der Waals surface area (Å²) in [6.45, 7) is 1.18. The molecule has 40 heavy (non-hydrogen) atoms. The molecule has 0 amide bonds. The lowest BCUT2D eigenvalue weighted by atomic mass is 10.00. The van der Waals surface area contributed by atoms with E-state index in [9.17, 15) is 4.79 Å². The van der Waals surface area contributed by atoms with Gasteiger partial charge in [-0.05, 0) is 60.7 Å². The lowest BCUT2D eigenvalue weighted by molar-refractivity contribution is -0.142. The van der Waals surface area contributed by atoms with Gasteiger partial charge >= 0.3 is 5.97 Å². The zero-order chi connectivity index (χ0) is 27.4. The Morgan fingerprint density at radius 3 is 2.02 bits per heavy atom. The Bertz CT molecular complexity index is 1450. The Morgan fingerprint density at radius 2 is 1.40 bits per heavy atom. The molecule has 1 spiro atoms. The quantitative estimate of drug-likeness (QED) is 0.180. The molecule has 2 aliphatic rings. The van der Waals surface area contributed by atoms with Crippen LogP contribution in [-0.2, 0) is 20.9 Å². The number of esters is 1. The van der Waals surface area contributed by atoms with E-state index in [2.05, 4.69) is 34.1 Å². The molecule has 0 radical (unpaired) electrons. The number of carbonyl (C=O) groups is 1. The highest BCUT2D eigenvalue weighted by Crippen LogP contribution is 2.60. The summed E-state index contributed by atoms with van der Waals surface area (Å²) in [5.74, 6) is 0.657. The highest BCUT2D eigenvalue weighted by Gasteiger charge is 2.72. The van der Waals surface area contributed by atoms with Gasteiger partial charge < -0.3 is 14.4 Å². The molecule has 3 atom stereocenters. The zero-order valence-electron chi connectivity index (χ0n) is 22.6. The molecule has 2 fully saturated rings. The van der Waals surface area contributed by atoms with E-state index in [1.54, 1.807) is 0 Å². The number of hydrogen-bond acceptors (Lipinski definition) is 4. The maximum atomic E-state index is 13.7. The number of para-hydroxylation sites is 3. The first-order valence-corrected chi connectivity index (χ1v) is 13.7. The first-order valence-electron chi connectivity index (χ1n) is 13.7. The number of carbonyl (C=O) groups excluding carboxylic acids is 1. The van der Waals surface area contributed by atoms with Crippen LogP contribution >= 0.6 is 0 Å². The fraction of sp³-hybridized carbons (Fsp3) is 0.235. The van der Waals surface area contributed by atoms with E-state index in [0.717, 1.165) is 35.5 Å². The molecular weight excluding hydrogens is 498 g/mol. The average Bonchev–Trinajstić information content (AvgIpc) is 3.64. The molecule has 0 bridgehead atoms. The predicted molar refractivity (Wildman–Crippen MR) is 159 cm³/mol. The van der Waals surface area contributed by atoms with Gasteiger partial charge in [-0.25, -0.2) is 9.79 Å². The minimum atomic E-state index is -0.568. The number of nitrogens with zero attached hydrogens (tertiary/aromatic N) is 3. The summed E-state index contributed by atoms with van der Waals surface area (Å²) in [4.78, 5) is 23.2. The highest BCUT2D eigenvalue weighted by molar-refractivity contribution is 6.17. The molecule has 1 aliphatic heterocycles. The molecule has 202 valence electrons. The monoisotopic (exact) mass is 531 g/mol. The molecule has 0 aromatic heterocycles. The normalized spacial score (nSPS) is 22.6. The van der Waals surface area contributed by atoms with Crippen molar-refractivity contribution in [2.75, 3.05) is 23.5 Å². The smallest absolute Gasteiger partial charge is 0.331 e. The number of hydrogen-bond donors (Lipinski definition) is 0. The van der Waals surface area contributed by atoms with Crippen LogP contribution in [0, 0.1) is 5.92 Å². The van der Waals surface area contributed by atoms with E-state index in [1.807, 2.05) is 97.1 Å². The molecule has 6 nitrogen and oxygen atoms in total. The highest BCUT2D eigenvalue weighted by atomic mass is 16.5. The van der Waals surface area contributed by atoms with Gasteiger partial charge in [-0.3, -0.25) is 4.90 Å². The largest absolute Gasteiger partial charge is 0.467 e. The molecule has 6 rings (SSSR count). The molecule has 4 aromatic rings. The Morgan fingerprint density at radius 1 is 0.825 bits per heavy atom. The number of aliphatic imine (C=N–C) groups is 1. The molecule has 6 heteroatoms. The Labute approximate surface area is 235 Å². The van der Waals surface area contributed by atoms with Crippen molar-refractivity contribution in [1.82, 2.24) is 0 Å². The van der Waals surface area contributed by atoms with Gasteiger partial charge in [0.25, 0.3) is 0 Å². The molecule has 1 heterocycles. The molecular formula is C34H33N3O3. The van der Waals surface area contributed by atoms with Crippen molar-refractivity contribution in [3.63, 3.8) is 0 Å². The third kappa shape index (κ3) is 4.87. The Kier molecular flexibility index (Phi) is 7.34. The van der Waals surface area contributed by atoms with Crippen LogP contribution in [0.5, 0.6) is 0 Å². The lowest BCUT2D eigenvalue weighted by Gasteiger charge is -2.28. The van der Waals surface area contributed by atoms with Gasteiger partial charge in [0.1, 0.15) is 0 Å². The van der Waals surface area contributed by atoms with Gasteiger partial charge in [0.05, 0.1) is 24.9 Å². The SMILES string of the molecule is COC(=O)[C@H]1N(c2ccccc2)C(=Nc2ccccc2)N(c2ccccc2)[C@@]12C[C@H]2CCOCc1ccccc1. The summed E-state index contributed by atoms with van der Waals surface area (Å²) >= 11 is 0. The van der Waals surface area contributed by atoms with Crippen molar-refractivity contribution in [3.8, 4) is 0 Å². The van der Waals surface area contributed by atoms with Crippen molar-refractivity contribution in [2.24, 2.45) is 10.9 Å². The fourth-order valence-electron chi connectivity index (χ4n) is 5.97. The van der Waals surface area contributed by atoms with Gasteiger partial charge in [0.15, 0.2) is 6.04 Å². The maximum Gasteiger partial charge on any atom is 0.331 e. The third-order valence-electron chi connectivity index (χ3n) is 7.86. The van der Waals surface area contributed by atoms with Crippen molar-refractivity contribution < 1.29 is 14.3 Å². The Balaban J connectivity index is 1.41. The standard InChI is InChI=1S/C34H33N3O3/c1-39-32(38)31-34(24-27(34)22-23-40-25-26-14-6-2-7-15-26)37(30-20-12-5-13-21-30)33(35-28-16-8-3-9-17-28)36(31)29-18-10-4-11-19-29/h2-21,27,31H,22-25H2,1H3/t27-,31-,34-/m1/s1. The van der Waals surface area contributed by atoms with Crippen LogP contribution in [0.2, 0.25) is 0 Å². The number of rotatable bonds is 9. The third-order valence-corrected chi connectivity index (χ3v) is 7.86. The molecule has 1 aliphatic carbocycles. The number of anilines is 2. The van der Waals surface area contributed by atoms with Crippen LogP contribution in [0.25, 0.3) is 0 Å². The van der Waals surface area contributed by atoms with E-state index < -0.39 is 11.6 Å². The second kappa shape index (κ2) is 11.4. The van der Waals surface area contributed by atoms with Crippen molar-refractivity contribution >= 4 is 29.0 Å². The number of guanidine groups is 1. The van der Waals surface area contributed by atoms with Crippen LogP contribution in [0.1, 0.15) is 18.4 Å². The summed E-state index contributed by atoms with van der Waals surface area (Å²) in [6.07, 6.45) is 1.65. The van der Waals surface area contributed by atoms with Crippen LogP contribution in [-0.4, -0.2) is 37.2 Å². The Hall–Kier alpha value is -4.42. The maximum absolute atomic E-state index is 13.7. The summed E-state index contributed by atoms with van der Waals surface area (Å²) in [5, 5.41) is 0. The first kappa shape index (κ1) is 25.8. The summed E-state index contributed by atoms with van der Waals surface area (Å²) in [7, 11) is 1.47. The van der Waals surface area contributed by atoms with E-state index in [4.69, 9.17) is 14.5 Å². The fourth-order valence-corrected chi connectivity index (χ4v) is 5.97. The second-order valence-corrected chi connectivity index (χ2v) is 10.3. The van der Waals surface area contributed by atoms with Crippen LogP contribution in [0.3, 0.4) is 0 Å². The van der Waals surface area contributed by atoms with Crippen molar-refractivity contribution in [2.45, 2.75) is 31.0 Å². The van der Waals surface area contributed by atoms with Gasteiger partial charge in [-0.15, -0.1) is 0 Å². The van der Waals surface area contributed by atoms with E-state index in [0.29, 0.717) is 19.2 Å². The van der Waals surface area contributed by atoms with Crippen LogP contribution < -0.4 is 9.80 Å². The van der Waals surface area contributed by atoms with Crippen LogP contribution in [0.15, 0.2) is 126 Å².